The zero-order valence-electron chi connectivity index (χ0n) is 10.3. The smallest absolute Gasteiger partial charge is 0.406 e. The summed E-state index contributed by atoms with van der Waals surface area (Å²) in [5, 5.41) is 10.1. The summed E-state index contributed by atoms with van der Waals surface area (Å²) in [7, 11) is 0. The summed E-state index contributed by atoms with van der Waals surface area (Å²) in [6, 6.07) is 11.7. The van der Waals surface area contributed by atoms with Gasteiger partial charge in [-0.2, -0.15) is 0 Å². The molecule has 2 aromatic rings. The van der Waals surface area contributed by atoms with Crippen molar-refractivity contribution in [3.8, 4) is 5.75 Å². The Kier molecular flexibility index (Phi) is 3.85. The highest BCUT2D eigenvalue weighted by Crippen LogP contribution is 2.28. The second-order valence-corrected chi connectivity index (χ2v) is 4.19. The summed E-state index contributed by atoms with van der Waals surface area (Å²) in [6.07, 6.45) is -5.81. The van der Waals surface area contributed by atoms with E-state index in [9.17, 15) is 18.3 Å². The standard InChI is InChI=1S/C14H12F3NO2/c15-14(16,17)20-12-3-1-2-10(8-12)13(19)9-4-6-11(18)7-5-9/h1-8,13,19H,18H2. The third kappa shape index (κ3) is 3.64. The molecule has 0 saturated carbocycles. The van der Waals surface area contributed by atoms with Crippen LogP contribution in [0.2, 0.25) is 0 Å². The van der Waals surface area contributed by atoms with Gasteiger partial charge in [0.25, 0.3) is 0 Å². The average Bonchev–Trinajstić information content (AvgIpc) is 2.37. The number of nitrogens with two attached hydrogens (primary N) is 1. The van der Waals surface area contributed by atoms with E-state index in [0.717, 1.165) is 6.07 Å². The van der Waals surface area contributed by atoms with Gasteiger partial charge in [0, 0.05) is 5.69 Å². The molecule has 1 atom stereocenters. The number of hydrogen-bond acceptors (Lipinski definition) is 3. The van der Waals surface area contributed by atoms with Gasteiger partial charge >= 0.3 is 6.36 Å². The van der Waals surface area contributed by atoms with Crippen LogP contribution in [0, 0.1) is 0 Å². The van der Waals surface area contributed by atoms with Crippen molar-refractivity contribution in [2.75, 3.05) is 5.73 Å². The van der Waals surface area contributed by atoms with Crippen molar-refractivity contribution in [1.82, 2.24) is 0 Å². The Morgan fingerprint density at radius 2 is 1.65 bits per heavy atom. The number of aliphatic hydroxyl groups is 1. The third-order valence-electron chi connectivity index (χ3n) is 2.66. The second-order valence-electron chi connectivity index (χ2n) is 4.19. The SMILES string of the molecule is Nc1ccc(C(O)c2cccc(OC(F)(F)F)c2)cc1. The van der Waals surface area contributed by atoms with Gasteiger partial charge in [-0.3, -0.25) is 0 Å². The molecule has 0 saturated heterocycles. The minimum Gasteiger partial charge on any atom is -0.406 e. The molecular weight excluding hydrogens is 271 g/mol. The van der Waals surface area contributed by atoms with Crippen molar-refractivity contribution in [2.45, 2.75) is 12.5 Å². The fraction of sp³-hybridized carbons (Fsp3) is 0.143. The van der Waals surface area contributed by atoms with E-state index in [1.807, 2.05) is 0 Å². The normalized spacial score (nSPS) is 13.0. The molecule has 0 heterocycles. The van der Waals surface area contributed by atoms with Crippen LogP contribution in [0.5, 0.6) is 5.75 Å². The Labute approximate surface area is 113 Å². The largest absolute Gasteiger partial charge is 0.573 e. The summed E-state index contributed by atoms with van der Waals surface area (Å²) in [4.78, 5) is 0. The van der Waals surface area contributed by atoms with E-state index in [-0.39, 0.29) is 5.75 Å². The maximum Gasteiger partial charge on any atom is 0.573 e. The lowest BCUT2D eigenvalue weighted by molar-refractivity contribution is -0.274. The molecule has 2 rings (SSSR count). The molecule has 3 N–H and O–H groups in total. The maximum absolute atomic E-state index is 12.1. The first-order valence-corrected chi connectivity index (χ1v) is 5.74. The highest BCUT2D eigenvalue weighted by atomic mass is 19.4. The molecule has 6 heteroatoms. The monoisotopic (exact) mass is 283 g/mol. The van der Waals surface area contributed by atoms with Gasteiger partial charge in [-0.25, -0.2) is 0 Å². The van der Waals surface area contributed by atoms with Crippen molar-refractivity contribution in [1.29, 1.82) is 0 Å². The first kappa shape index (κ1) is 14.2. The maximum atomic E-state index is 12.1. The predicted octanol–water partition coefficient (Wildman–Crippen LogP) is 3.25. The summed E-state index contributed by atoms with van der Waals surface area (Å²) < 4.78 is 40.2. The minimum absolute atomic E-state index is 0.302. The van der Waals surface area contributed by atoms with Crippen molar-refractivity contribution >= 4 is 5.69 Å². The minimum atomic E-state index is -4.76. The zero-order valence-corrected chi connectivity index (χ0v) is 10.3. The van der Waals surface area contributed by atoms with E-state index in [0.29, 0.717) is 16.8 Å². The number of aliphatic hydroxyl groups excluding tert-OH is 1. The summed E-state index contributed by atoms with van der Waals surface area (Å²) >= 11 is 0. The first-order valence-electron chi connectivity index (χ1n) is 5.74. The average molecular weight is 283 g/mol. The van der Waals surface area contributed by atoms with Crippen LogP contribution in [0.1, 0.15) is 17.2 Å². The molecule has 106 valence electrons. The van der Waals surface area contributed by atoms with Gasteiger partial charge in [-0.15, -0.1) is 13.2 Å². The molecule has 0 aliphatic carbocycles. The molecule has 2 aromatic carbocycles. The van der Waals surface area contributed by atoms with Gasteiger partial charge in [0.1, 0.15) is 11.9 Å². The number of anilines is 1. The van der Waals surface area contributed by atoms with Crippen molar-refractivity contribution in [3.05, 3.63) is 59.7 Å². The van der Waals surface area contributed by atoms with Crippen LogP contribution in [0.15, 0.2) is 48.5 Å². The summed E-state index contributed by atoms with van der Waals surface area (Å²) in [6.45, 7) is 0. The third-order valence-corrected chi connectivity index (χ3v) is 2.66. The van der Waals surface area contributed by atoms with Crippen molar-refractivity contribution < 1.29 is 23.0 Å². The molecule has 20 heavy (non-hydrogen) atoms. The van der Waals surface area contributed by atoms with E-state index in [1.165, 1.54) is 18.2 Å². The highest BCUT2D eigenvalue weighted by Gasteiger charge is 2.31. The van der Waals surface area contributed by atoms with E-state index in [1.54, 1.807) is 24.3 Å². The molecule has 0 radical (unpaired) electrons. The van der Waals surface area contributed by atoms with E-state index in [2.05, 4.69) is 4.74 Å². The number of nitrogen functional groups attached to an aromatic ring is 1. The lowest BCUT2D eigenvalue weighted by atomic mass is 10.0. The van der Waals surface area contributed by atoms with Gasteiger partial charge in [0.2, 0.25) is 0 Å². The Morgan fingerprint density at radius 1 is 1.00 bits per heavy atom. The number of ether oxygens (including phenoxy) is 1. The first-order chi connectivity index (χ1) is 9.35. The van der Waals surface area contributed by atoms with Crippen LogP contribution in [0.4, 0.5) is 18.9 Å². The van der Waals surface area contributed by atoms with Gasteiger partial charge in [0.15, 0.2) is 0 Å². The van der Waals surface area contributed by atoms with Crippen LogP contribution in [-0.2, 0) is 0 Å². The fourth-order valence-corrected chi connectivity index (χ4v) is 1.75. The molecule has 1 unspecified atom stereocenters. The van der Waals surface area contributed by atoms with Gasteiger partial charge in [-0.1, -0.05) is 24.3 Å². The quantitative estimate of drug-likeness (QED) is 0.850. The number of benzene rings is 2. The lowest BCUT2D eigenvalue weighted by Gasteiger charge is -2.14. The van der Waals surface area contributed by atoms with Crippen LogP contribution in [0.25, 0.3) is 0 Å². The Bertz CT molecular complexity index is 582. The van der Waals surface area contributed by atoms with Gasteiger partial charge in [-0.05, 0) is 35.4 Å². The molecule has 0 bridgehead atoms. The van der Waals surface area contributed by atoms with E-state index < -0.39 is 12.5 Å². The number of halogens is 3. The van der Waals surface area contributed by atoms with Crippen LogP contribution in [0.3, 0.4) is 0 Å². The Balaban J connectivity index is 2.24. The zero-order chi connectivity index (χ0) is 14.8. The molecule has 0 amide bonds. The molecule has 0 aliphatic heterocycles. The van der Waals surface area contributed by atoms with E-state index >= 15 is 0 Å². The van der Waals surface area contributed by atoms with Gasteiger partial charge in [0.05, 0.1) is 0 Å². The van der Waals surface area contributed by atoms with E-state index in [4.69, 9.17) is 5.73 Å². The van der Waals surface area contributed by atoms with Crippen LogP contribution >= 0.6 is 0 Å². The molecule has 0 fully saturated rings. The van der Waals surface area contributed by atoms with Crippen molar-refractivity contribution in [3.63, 3.8) is 0 Å². The van der Waals surface area contributed by atoms with Crippen LogP contribution in [-0.4, -0.2) is 11.5 Å². The molecule has 0 spiro atoms. The lowest BCUT2D eigenvalue weighted by Crippen LogP contribution is -2.17. The second kappa shape index (κ2) is 5.42. The number of rotatable bonds is 3. The number of alkyl halides is 3. The summed E-state index contributed by atoms with van der Waals surface area (Å²) in [5.74, 6) is -0.371. The fourth-order valence-electron chi connectivity index (χ4n) is 1.75. The topological polar surface area (TPSA) is 55.5 Å². The number of hydrogen-bond donors (Lipinski definition) is 2. The highest BCUT2D eigenvalue weighted by molar-refractivity contribution is 5.42. The summed E-state index contributed by atoms with van der Waals surface area (Å²) in [5.41, 5.74) is 6.90. The predicted molar refractivity (Wildman–Crippen MR) is 68.0 cm³/mol. The Morgan fingerprint density at radius 3 is 2.25 bits per heavy atom. The van der Waals surface area contributed by atoms with Crippen molar-refractivity contribution in [2.24, 2.45) is 0 Å². The molecule has 0 aliphatic rings. The molecule has 0 aromatic heterocycles. The molecule has 3 nitrogen and oxygen atoms in total. The molecular formula is C14H12F3NO2. The Hall–Kier alpha value is -2.21. The van der Waals surface area contributed by atoms with Crippen LogP contribution < -0.4 is 10.5 Å². The van der Waals surface area contributed by atoms with Gasteiger partial charge < -0.3 is 15.6 Å².